The van der Waals surface area contributed by atoms with Crippen molar-refractivity contribution >= 4 is 17.3 Å². The summed E-state index contributed by atoms with van der Waals surface area (Å²) in [6, 6.07) is 19.2. The molecular weight excluding hydrogens is 352 g/mol. The number of benzene rings is 2. The minimum atomic E-state index is 0.240. The molecule has 4 aromatic rings. The number of aromatic nitrogens is 4. The Labute approximate surface area is 162 Å². The van der Waals surface area contributed by atoms with E-state index in [1.165, 1.54) is 0 Å². The lowest BCUT2D eigenvalue weighted by Gasteiger charge is -2.13. The number of H-pyrrole nitrogens is 1. The number of aromatic amines is 1. The lowest BCUT2D eigenvalue weighted by Crippen LogP contribution is -2.03. The molecule has 0 bridgehead atoms. The highest BCUT2D eigenvalue weighted by Crippen LogP contribution is 2.31. The van der Waals surface area contributed by atoms with Crippen LogP contribution in [0.4, 0.5) is 17.3 Å². The van der Waals surface area contributed by atoms with E-state index in [9.17, 15) is 0 Å². The number of nitrogens with one attached hydrogen (secondary N) is 2. The van der Waals surface area contributed by atoms with Crippen LogP contribution in [0.1, 0.15) is 11.3 Å². The first-order chi connectivity index (χ1) is 13.6. The van der Waals surface area contributed by atoms with Gasteiger partial charge in [-0.05, 0) is 38.1 Å². The first-order valence-electron chi connectivity index (χ1n) is 8.85. The maximum atomic E-state index is 5.89. The molecule has 0 saturated carbocycles. The molecule has 0 unspecified atom stereocenters. The molecule has 7 heteroatoms. The van der Waals surface area contributed by atoms with Gasteiger partial charge in [0.15, 0.2) is 5.82 Å². The van der Waals surface area contributed by atoms with Crippen molar-refractivity contribution in [1.82, 2.24) is 20.2 Å². The highest BCUT2D eigenvalue weighted by Gasteiger charge is 2.15. The fourth-order valence-corrected chi connectivity index (χ4v) is 2.79. The van der Waals surface area contributed by atoms with E-state index >= 15 is 0 Å². The Bertz CT molecular complexity index is 1090. The maximum absolute atomic E-state index is 5.89. The van der Waals surface area contributed by atoms with Crippen molar-refractivity contribution in [1.29, 1.82) is 0 Å². The van der Waals surface area contributed by atoms with Gasteiger partial charge in [0.2, 0.25) is 0 Å². The molecule has 0 saturated heterocycles. The molecule has 2 heterocycles. The molecule has 0 aliphatic heterocycles. The van der Waals surface area contributed by atoms with Gasteiger partial charge < -0.3 is 15.8 Å². The molecule has 28 heavy (non-hydrogen) atoms. The van der Waals surface area contributed by atoms with Gasteiger partial charge in [-0.2, -0.15) is 15.1 Å². The van der Waals surface area contributed by atoms with Crippen LogP contribution in [0, 0.1) is 13.8 Å². The summed E-state index contributed by atoms with van der Waals surface area (Å²) < 4.78 is 5.89. The van der Waals surface area contributed by atoms with Crippen LogP contribution in [0.25, 0.3) is 11.3 Å². The van der Waals surface area contributed by atoms with Crippen molar-refractivity contribution in [2.45, 2.75) is 13.8 Å². The molecule has 2 aromatic heterocycles. The predicted molar refractivity (Wildman–Crippen MR) is 110 cm³/mol. The largest absolute Gasteiger partial charge is 0.424 e. The van der Waals surface area contributed by atoms with Crippen molar-refractivity contribution in [3.8, 4) is 23.0 Å². The van der Waals surface area contributed by atoms with Crippen molar-refractivity contribution in [3.63, 3.8) is 0 Å². The molecule has 0 fully saturated rings. The third-order valence-electron chi connectivity index (χ3n) is 4.21. The highest BCUT2D eigenvalue weighted by molar-refractivity contribution is 5.70. The Morgan fingerprint density at radius 3 is 2.39 bits per heavy atom. The van der Waals surface area contributed by atoms with Gasteiger partial charge in [0.1, 0.15) is 11.6 Å². The SMILES string of the molecule is Cc1cc(Nc2nc(Oc3ccc(N)cc3)nc(-c3ccccc3)c2C)n[nH]1. The monoisotopic (exact) mass is 372 g/mol. The zero-order valence-electron chi connectivity index (χ0n) is 15.6. The third-order valence-corrected chi connectivity index (χ3v) is 4.21. The number of nitrogen functional groups attached to an aromatic ring is 1. The van der Waals surface area contributed by atoms with E-state index in [0.717, 1.165) is 22.5 Å². The van der Waals surface area contributed by atoms with E-state index in [0.29, 0.717) is 23.1 Å². The number of nitrogens with two attached hydrogens (primary N) is 1. The van der Waals surface area contributed by atoms with Gasteiger partial charge >= 0.3 is 6.01 Å². The van der Waals surface area contributed by atoms with Crippen LogP contribution in [0.2, 0.25) is 0 Å². The van der Waals surface area contributed by atoms with Gasteiger partial charge in [-0.1, -0.05) is 30.3 Å². The molecule has 140 valence electrons. The lowest BCUT2D eigenvalue weighted by atomic mass is 10.1. The van der Waals surface area contributed by atoms with Crippen LogP contribution in [0.3, 0.4) is 0 Å². The number of ether oxygens (including phenoxy) is 1. The molecule has 0 aliphatic carbocycles. The minimum Gasteiger partial charge on any atom is -0.424 e. The van der Waals surface area contributed by atoms with Gasteiger partial charge in [0.25, 0.3) is 0 Å². The number of aryl methyl sites for hydroxylation is 1. The Morgan fingerprint density at radius 1 is 0.964 bits per heavy atom. The van der Waals surface area contributed by atoms with E-state index in [1.54, 1.807) is 24.3 Å². The second-order valence-electron chi connectivity index (χ2n) is 6.43. The molecule has 0 amide bonds. The molecular formula is C21H20N6O. The summed E-state index contributed by atoms with van der Waals surface area (Å²) in [6.45, 7) is 3.91. The fraction of sp³-hybridized carbons (Fsp3) is 0.0952. The summed E-state index contributed by atoms with van der Waals surface area (Å²) in [4.78, 5) is 9.19. The Kier molecular flexibility index (Phi) is 4.63. The topological polar surface area (TPSA) is 102 Å². The van der Waals surface area contributed by atoms with Crippen LogP contribution in [0.5, 0.6) is 11.8 Å². The summed E-state index contributed by atoms with van der Waals surface area (Å²) in [5, 5.41) is 10.4. The number of nitrogens with zero attached hydrogens (tertiary/aromatic N) is 3. The summed E-state index contributed by atoms with van der Waals surface area (Å²) in [6.07, 6.45) is 0. The Hall–Kier alpha value is -3.87. The standard InChI is InChI=1S/C21H20N6O/c1-13-12-18(27-26-13)23-20-14(2)19(15-6-4-3-5-7-15)24-21(25-20)28-17-10-8-16(22)9-11-17/h3-12H,22H2,1-2H3,(H2,23,24,25,26,27). The smallest absolute Gasteiger partial charge is 0.324 e. The van der Waals surface area contributed by atoms with E-state index in [2.05, 4.69) is 25.5 Å². The Balaban J connectivity index is 1.76. The predicted octanol–water partition coefficient (Wildman–Crippen LogP) is 4.60. The quantitative estimate of drug-likeness (QED) is 0.443. The third kappa shape index (κ3) is 3.78. The molecule has 0 radical (unpaired) electrons. The van der Waals surface area contributed by atoms with E-state index in [-0.39, 0.29) is 6.01 Å². The van der Waals surface area contributed by atoms with Gasteiger partial charge in [-0.15, -0.1) is 0 Å². The van der Waals surface area contributed by atoms with E-state index < -0.39 is 0 Å². The molecule has 0 atom stereocenters. The number of anilines is 3. The van der Waals surface area contributed by atoms with Crippen LogP contribution in [-0.4, -0.2) is 20.2 Å². The normalized spacial score (nSPS) is 10.6. The van der Waals surface area contributed by atoms with Crippen LogP contribution in [0.15, 0.2) is 60.7 Å². The molecule has 2 aromatic carbocycles. The molecule has 4 rings (SSSR count). The molecule has 0 spiro atoms. The first kappa shape index (κ1) is 17.5. The zero-order chi connectivity index (χ0) is 19.5. The van der Waals surface area contributed by atoms with Gasteiger partial charge in [-0.25, -0.2) is 0 Å². The zero-order valence-corrected chi connectivity index (χ0v) is 15.6. The molecule has 4 N–H and O–H groups in total. The molecule has 0 aliphatic rings. The van der Waals surface area contributed by atoms with Crippen molar-refractivity contribution in [2.75, 3.05) is 11.1 Å². The Morgan fingerprint density at radius 2 is 1.71 bits per heavy atom. The number of hydrogen-bond acceptors (Lipinski definition) is 6. The summed E-state index contributed by atoms with van der Waals surface area (Å²) in [5.74, 6) is 1.92. The van der Waals surface area contributed by atoms with Crippen LogP contribution in [-0.2, 0) is 0 Å². The summed E-state index contributed by atoms with van der Waals surface area (Å²) >= 11 is 0. The average Bonchev–Trinajstić information content (AvgIpc) is 3.11. The second-order valence-corrected chi connectivity index (χ2v) is 6.43. The first-order valence-corrected chi connectivity index (χ1v) is 8.85. The number of rotatable bonds is 5. The minimum absolute atomic E-state index is 0.240. The highest BCUT2D eigenvalue weighted by atomic mass is 16.5. The van der Waals surface area contributed by atoms with Crippen molar-refractivity contribution < 1.29 is 4.74 Å². The van der Waals surface area contributed by atoms with Gasteiger partial charge in [0, 0.05) is 28.6 Å². The van der Waals surface area contributed by atoms with Crippen LogP contribution >= 0.6 is 0 Å². The van der Waals surface area contributed by atoms with E-state index in [1.807, 2.05) is 50.2 Å². The second kappa shape index (κ2) is 7.40. The maximum Gasteiger partial charge on any atom is 0.324 e. The average molecular weight is 372 g/mol. The van der Waals surface area contributed by atoms with Gasteiger partial charge in [-0.3, -0.25) is 5.10 Å². The number of hydrogen-bond donors (Lipinski definition) is 3. The van der Waals surface area contributed by atoms with Gasteiger partial charge in [0.05, 0.1) is 5.69 Å². The molecule has 7 nitrogen and oxygen atoms in total. The van der Waals surface area contributed by atoms with Crippen molar-refractivity contribution in [2.24, 2.45) is 0 Å². The van der Waals surface area contributed by atoms with Crippen molar-refractivity contribution in [3.05, 3.63) is 71.9 Å². The summed E-state index contributed by atoms with van der Waals surface area (Å²) in [5.41, 5.74) is 10.0. The van der Waals surface area contributed by atoms with Crippen LogP contribution < -0.4 is 15.8 Å². The lowest BCUT2D eigenvalue weighted by molar-refractivity contribution is 0.443. The summed E-state index contributed by atoms with van der Waals surface area (Å²) in [7, 11) is 0. The fourth-order valence-electron chi connectivity index (χ4n) is 2.79. The van der Waals surface area contributed by atoms with E-state index in [4.69, 9.17) is 10.5 Å².